The molecule has 2 aromatic rings. The van der Waals surface area contributed by atoms with Gasteiger partial charge >= 0.3 is 11.6 Å². The topological polar surface area (TPSA) is 65.7 Å². The lowest BCUT2D eigenvalue weighted by molar-refractivity contribution is -0.156. The number of allylic oxidation sites excluding steroid dienone is 1. The number of hydrogen-bond donors (Lipinski definition) is 0. The predicted molar refractivity (Wildman–Crippen MR) is 90.2 cm³/mol. The van der Waals surface area contributed by atoms with E-state index >= 15 is 0 Å². The van der Waals surface area contributed by atoms with E-state index in [0.717, 1.165) is 10.9 Å². The Labute approximate surface area is 139 Å². The molecule has 0 spiro atoms. The molecule has 0 aliphatic carbocycles. The van der Waals surface area contributed by atoms with Gasteiger partial charge in [-0.25, -0.2) is 9.59 Å². The Morgan fingerprint density at radius 2 is 2.08 bits per heavy atom. The second kappa shape index (κ2) is 5.82. The maximum absolute atomic E-state index is 12.1. The summed E-state index contributed by atoms with van der Waals surface area (Å²) in [5.41, 5.74) is 0.895. The van der Waals surface area contributed by atoms with Crippen molar-refractivity contribution in [2.45, 2.75) is 45.8 Å². The first-order valence-electron chi connectivity index (χ1n) is 7.90. The van der Waals surface area contributed by atoms with E-state index in [2.05, 4.69) is 0 Å². The van der Waals surface area contributed by atoms with Gasteiger partial charge in [0.1, 0.15) is 23.0 Å². The van der Waals surface area contributed by atoms with Crippen LogP contribution in [0.25, 0.3) is 11.0 Å². The summed E-state index contributed by atoms with van der Waals surface area (Å²) in [5.74, 6) is 0.311. The molecule has 2 heterocycles. The Kier molecular flexibility index (Phi) is 3.95. The fraction of sp³-hybridized carbons (Fsp3) is 0.368. The highest BCUT2D eigenvalue weighted by molar-refractivity contribution is 5.88. The lowest BCUT2D eigenvalue weighted by Crippen LogP contribution is -2.48. The molecule has 1 unspecified atom stereocenters. The van der Waals surface area contributed by atoms with Crippen LogP contribution in [-0.2, 0) is 16.0 Å². The number of esters is 1. The van der Waals surface area contributed by atoms with E-state index in [1.165, 1.54) is 6.07 Å². The Morgan fingerprint density at radius 1 is 1.33 bits per heavy atom. The third kappa shape index (κ3) is 2.94. The highest BCUT2D eigenvalue weighted by atomic mass is 16.6. The number of hydrogen-bond acceptors (Lipinski definition) is 5. The largest absolute Gasteiger partial charge is 0.484 e. The van der Waals surface area contributed by atoms with E-state index in [1.54, 1.807) is 32.1 Å². The third-order valence-corrected chi connectivity index (χ3v) is 4.36. The number of benzene rings is 1. The quantitative estimate of drug-likeness (QED) is 0.480. The van der Waals surface area contributed by atoms with Crippen LogP contribution >= 0.6 is 0 Å². The van der Waals surface area contributed by atoms with Crippen molar-refractivity contribution in [3.05, 3.63) is 51.9 Å². The van der Waals surface area contributed by atoms with Crippen LogP contribution in [0.15, 0.2) is 45.1 Å². The molecule has 5 nitrogen and oxygen atoms in total. The van der Waals surface area contributed by atoms with Crippen molar-refractivity contribution in [3.8, 4) is 5.75 Å². The smallest absolute Gasteiger partial charge is 0.336 e. The van der Waals surface area contributed by atoms with Crippen LogP contribution < -0.4 is 10.4 Å². The van der Waals surface area contributed by atoms with Crippen LogP contribution in [0.1, 0.15) is 33.3 Å². The molecule has 126 valence electrons. The van der Waals surface area contributed by atoms with Crippen LogP contribution in [0.4, 0.5) is 0 Å². The molecule has 0 saturated carbocycles. The van der Waals surface area contributed by atoms with Crippen molar-refractivity contribution in [2.75, 3.05) is 0 Å². The van der Waals surface area contributed by atoms with Crippen molar-refractivity contribution in [3.63, 3.8) is 0 Å². The molecular weight excluding hydrogens is 308 g/mol. The van der Waals surface area contributed by atoms with Gasteiger partial charge in [-0.05, 0) is 45.4 Å². The molecule has 0 N–H and O–H groups in total. The van der Waals surface area contributed by atoms with Crippen LogP contribution in [0, 0.1) is 0 Å². The van der Waals surface area contributed by atoms with Gasteiger partial charge in [0, 0.05) is 29.5 Å². The van der Waals surface area contributed by atoms with Crippen molar-refractivity contribution >= 4 is 16.9 Å². The molecule has 1 aliphatic heterocycles. The summed E-state index contributed by atoms with van der Waals surface area (Å²) in [6, 6.07) is 6.73. The minimum atomic E-state index is -0.681. The molecule has 1 aliphatic rings. The van der Waals surface area contributed by atoms with Crippen LogP contribution in [0.3, 0.4) is 0 Å². The SMILES string of the molecule is C/C=C(/C)C(=O)OC1Cc2cc3ccc(=O)oc3cc2OC1(C)C. The number of fused-ring (bicyclic) bond motifs is 2. The highest BCUT2D eigenvalue weighted by Crippen LogP contribution is 2.37. The fourth-order valence-electron chi connectivity index (χ4n) is 2.72. The summed E-state index contributed by atoms with van der Waals surface area (Å²) in [4.78, 5) is 23.5. The minimum absolute atomic E-state index is 0.339. The molecule has 0 saturated heterocycles. The second-order valence-corrected chi connectivity index (χ2v) is 6.53. The molecular formula is C19H20O5. The first kappa shape index (κ1) is 16.3. The first-order valence-corrected chi connectivity index (χ1v) is 7.90. The summed E-state index contributed by atoms with van der Waals surface area (Å²) in [5, 5.41) is 0.811. The van der Waals surface area contributed by atoms with Gasteiger partial charge in [0.15, 0.2) is 0 Å². The van der Waals surface area contributed by atoms with E-state index in [4.69, 9.17) is 13.9 Å². The van der Waals surface area contributed by atoms with E-state index in [9.17, 15) is 9.59 Å². The lowest BCUT2D eigenvalue weighted by atomic mass is 9.90. The van der Waals surface area contributed by atoms with Crippen molar-refractivity contribution in [1.29, 1.82) is 0 Å². The van der Waals surface area contributed by atoms with Gasteiger partial charge in [0.05, 0.1) is 0 Å². The normalized spacial score (nSPS) is 19.5. The molecule has 0 fully saturated rings. The zero-order chi connectivity index (χ0) is 17.5. The van der Waals surface area contributed by atoms with Gasteiger partial charge in [-0.1, -0.05) is 6.08 Å². The van der Waals surface area contributed by atoms with Crippen LogP contribution in [0.2, 0.25) is 0 Å². The Morgan fingerprint density at radius 3 is 2.79 bits per heavy atom. The van der Waals surface area contributed by atoms with E-state index in [-0.39, 0.29) is 5.97 Å². The monoisotopic (exact) mass is 328 g/mol. The highest BCUT2D eigenvalue weighted by Gasteiger charge is 2.40. The molecule has 0 amide bonds. The molecule has 1 aromatic carbocycles. The Balaban J connectivity index is 1.97. The summed E-state index contributed by atoms with van der Waals surface area (Å²) in [7, 11) is 0. The van der Waals surface area contributed by atoms with Crippen LogP contribution in [0.5, 0.6) is 5.75 Å². The standard InChI is InChI=1S/C19H20O5/c1-5-11(2)18(21)23-16-9-13-8-12-6-7-17(20)22-14(12)10-15(13)24-19(16,3)4/h5-8,10,16H,9H2,1-4H3/b11-5-. The summed E-state index contributed by atoms with van der Waals surface area (Å²) < 4.78 is 16.9. The maximum atomic E-state index is 12.1. The summed E-state index contributed by atoms with van der Waals surface area (Å²) >= 11 is 0. The molecule has 1 atom stereocenters. The van der Waals surface area contributed by atoms with Gasteiger partial charge in [0.2, 0.25) is 0 Å². The van der Waals surface area contributed by atoms with Gasteiger partial charge < -0.3 is 13.9 Å². The van der Waals surface area contributed by atoms with E-state index in [1.807, 2.05) is 19.9 Å². The molecule has 5 heteroatoms. The minimum Gasteiger partial charge on any atom is -0.484 e. The van der Waals surface area contributed by atoms with E-state index in [0.29, 0.717) is 23.3 Å². The zero-order valence-electron chi connectivity index (χ0n) is 14.2. The van der Waals surface area contributed by atoms with Crippen molar-refractivity contribution < 1.29 is 18.7 Å². The molecule has 24 heavy (non-hydrogen) atoms. The molecule has 1 aromatic heterocycles. The first-order chi connectivity index (χ1) is 11.3. The number of rotatable bonds is 2. The van der Waals surface area contributed by atoms with Gasteiger partial charge in [-0.15, -0.1) is 0 Å². The van der Waals surface area contributed by atoms with Crippen molar-refractivity contribution in [2.24, 2.45) is 0 Å². The number of carbonyl (C=O) groups excluding carboxylic acids is 1. The Bertz CT molecular complexity index is 888. The number of carbonyl (C=O) groups is 1. The molecule has 0 bridgehead atoms. The van der Waals surface area contributed by atoms with Crippen LogP contribution in [-0.4, -0.2) is 17.7 Å². The van der Waals surface area contributed by atoms with Gasteiger partial charge in [-0.3, -0.25) is 0 Å². The maximum Gasteiger partial charge on any atom is 0.336 e. The lowest BCUT2D eigenvalue weighted by Gasteiger charge is -2.39. The average Bonchev–Trinajstić information content (AvgIpc) is 2.52. The predicted octanol–water partition coefficient (Wildman–Crippen LogP) is 3.38. The van der Waals surface area contributed by atoms with Crippen molar-refractivity contribution in [1.82, 2.24) is 0 Å². The van der Waals surface area contributed by atoms with Gasteiger partial charge in [-0.2, -0.15) is 0 Å². The van der Waals surface area contributed by atoms with E-state index < -0.39 is 17.3 Å². The average molecular weight is 328 g/mol. The molecule has 0 radical (unpaired) electrons. The summed E-state index contributed by atoms with van der Waals surface area (Å²) in [6.07, 6.45) is 1.86. The Hall–Kier alpha value is -2.56. The summed E-state index contributed by atoms with van der Waals surface area (Å²) in [6.45, 7) is 7.28. The van der Waals surface area contributed by atoms with Gasteiger partial charge in [0.25, 0.3) is 0 Å². The number of ether oxygens (including phenoxy) is 2. The molecule has 3 rings (SSSR count). The third-order valence-electron chi connectivity index (χ3n) is 4.36. The fourth-order valence-corrected chi connectivity index (χ4v) is 2.72. The second-order valence-electron chi connectivity index (χ2n) is 6.53. The zero-order valence-corrected chi connectivity index (χ0v) is 14.2.